The molecule has 0 heterocycles. The van der Waals surface area contributed by atoms with E-state index in [0.717, 1.165) is 0 Å². The molecule has 1 rings (SSSR count). The summed E-state index contributed by atoms with van der Waals surface area (Å²) >= 11 is -1.56. The molecule has 0 aromatic heterocycles. The van der Waals surface area contributed by atoms with Gasteiger partial charge in [0.2, 0.25) is 0 Å². The van der Waals surface area contributed by atoms with Crippen LogP contribution in [-0.4, -0.2) is 18.8 Å². The molecule has 0 radical (unpaired) electrons. The van der Waals surface area contributed by atoms with E-state index in [2.05, 4.69) is 0 Å². The number of nitrogen functional groups attached to an aromatic ring is 1. The van der Waals surface area contributed by atoms with Gasteiger partial charge in [0.15, 0.2) is 0 Å². The van der Waals surface area contributed by atoms with Gasteiger partial charge in [0.1, 0.15) is 0 Å². The first-order chi connectivity index (χ1) is 6.04. The monoisotopic (exact) mass is 293 g/mol. The molecule has 0 saturated carbocycles. The van der Waals surface area contributed by atoms with Crippen LogP contribution in [0.25, 0.3) is 0 Å². The summed E-state index contributed by atoms with van der Waals surface area (Å²) in [6, 6.07) is 4.88. The predicted molar refractivity (Wildman–Crippen MR) is 62.7 cm³/mol. The van der Waals surface area contributed by atoms with Crippen LogP contribution in [0.5, 0.6) is 5.75 Å². The number of carbonyl (C=O) groups is 1. The van der Waals surface area contributed by atoms with Crippen molar-refractivity contribution in [3.05, 3.63) is 23.8 Å². The van der Waals surface area contributed by atoms with Crippen molar-refractivity contribution < 1.29 is 9.90 Å². The average molecular weight is 293 g/mol. The normalized spacial score (nSPS) is 11.1. The number of hydrogen-bond donors (Lipinski definition) is 2. The Morgan fingerprint density at radius 3 is 2.62 bits per heavy atom. The van der Waals surface area contributed by atoms with Gasteiger partial charge in [-0.3, -0.25) is 0 Å². The minimum absolute atomic E-state index is 0.0639. The van der Waals surface area contributed by atoms with Crippen LogP contribution in [0.3, 0.4) is 0 Å². The molecule has 0 aliphatic carbocycles. The van der Waals surface area contributed by atoms with Crippen LogP contribution < -0.4 is 5.73 Å². The Morgan fingerprint density at radius 2 is 2.08 bits per heavy atom. The first kappa shape index (κ1) is 10.3. The number of halogens is 1. The zero-order chi connectivity index (χ0) is 10.0. The van der Waals surface area contributed by atoms with Crippen molar-refractivity contribution in [3.8, 4) is 5.75 Å². The van der Waals surface area contributed by atoms with Gasteiger partial charge in [-0.25, -0.2) is 0 Å². The van der Waals surface area contributed by atoms with E-state index in [1.807, 2.05) is 9.86 Å². The fraction of sp³-hybridized carbons (Fsp3) is 0.222. The summed E-state index contributed by atoms with van der Waals surface area (Å²) in [6.45, 7) is 0. The van der Waals surface area contributed by atoms with Gasteiger partial charge in [-0.15, -0.1) is 0 Å². The second kappa shape index (κ2) is 3.95. The van der Waals surface area contributed by atoms with E-state index >= 15 is 0 Å². The quantitative estimate of drug-likeness (QED) is 0.288. The molecule has 0 amide bonds. The molecule has 4 heteroatoms. The van der Waals surface area contributed by atoms with Crippen molar-refractivity contribution >= 4 is 29.3 Å². The van der Waals surface area contributed by atoms with Crippen LogP contribution in [0.2, 0.25) is 0 Å². The summed E-state index contributed by atoms with van der Waals surface area (Å²) in [6.07, 6.45) is 0. The topological polar surface area (TPSA) is 63.3 Å². The van der Waals surface area contributed by atoms with Gasteiger partial charge in [-0.05, 0) is 0 Å². The first-order valence-electron chi connectivity index (χ1n) is 3.66. The van der Waals surface area contributed by atoms with Gasteiger partial charge in [0.25, 0.3) is 0 Å². The van der Waals surface area contributed by atoms with E-state index in [1.165, 1.54) is 0 Å². The van der Waals surface area contributed by atoms with Gasteiger partial charge in [-0.1, -0.05) is 0 Å². The van der Waals surface area contributed by atoms with Crippen LogP contribution >= 0.6 is 19.8 Å². The van der Waals surface area contributed by atoms with Gasteiger partial charge in [0.05, 0.1) is 0 Å². The molecule has 3 nitrogen and oxygen atoms in total. The third-order valence-electron chi connectivity index (χ3n) is 1.62. The van der Waals surface area contributed by atoms with Gasteiger partial charge in [-0.2, -0.15) is 0 Å². The van der Waals surface area contributed by atoms with Crippen molar-refractivity contribution in [1.29, 1.82) is 0 Å². The number of hydrogen-bond acceptors (Lipinski definition) is 3. The third kappa shape index (κ3) is 2.12. The number of carbonyl (C=O) groups excluding carboxylic acids is 1. The number of nitrogens with two attached hydrogens (primary N) is 1. The standard InChI is InChI=1S/C9H12INO2/c1-10(2)9(13)6-4-3-5-7(11)8(6)12/h3-5,12H,11H2,1-2H3. The van der Waals surface area contributed by atoms with Gasteiger partial charge < -0.3 is 0 Å². The van der Waals surface area contributed by atoms with Crippen molar-refractivity contribution in [3.63, 3.8) is 0 Å². The summed E-state index contributed by atoms with van der Waals surface area (Å²) in [5.41, 5.74) is 6.11. The molecule has 3 N–H and O–H groups in total. The Bertz CT molecular complexity index is 336. The van der Waals surface area contributed by atoms with E-state index < -0.39 is 19.8 Å². The van der Waals surface area contributed by atoms with E-state index in [0.29, 0.717) is 5.56 Å². The van der Waals surface area contributed by atoms with Crippen LogP contribution in [-0.2, 0) is 0 Å². The fourth-order valence-corrected chi connectivity index (χ4v) is 2.52. The number of aromatic hydroxyl groups is 1. The summed E-state index contributed by atoms with van der Waals surface area (Å²) < 4.78 is 0.0639. The van der Waals surface area contributed by atoms with Gasteiger partial charge in [0, 0.05) is 0 Å². The van der Waals surface area contributed by atoms with Crippen LogP contribution in [0.4, 0.5) is 5.69 Å². The number of phenols is 1. The second-order valence-corrected chi connectivity index (χ2v) is 8.07. The van der Waals surface area contributed by atoms with Crippen LogP contribution in [0, 0.1) is 0 Å². The molecule has 1 aromatic carbocycles. The molecular weight excluding hydrogens is 281 g/mol. The number of phenolic OH excluding ortho intramolecular Hbond substituents is 1. The van der Waals surface area contributed by atoms with E-state index in [4.69, 9.17) is 5.73 Å². The molecule has 0 aliphatic rings. The summed E-state index contributed by atoms with van der Waals surface area (Å²) in [7, 11) is 0. The molecule has 0 unspecified atom stereocenters. The Hall–Kier alpha value is -0.780. The molecule has 72 valence electrons. The van der Waals surface area contributed by atoms with E-state index in [1.54, 1.807) is 18.2 Å². The van der Waals surface area contributed by atoms with Crippen molar-refractivity contribution in [2.24, 2.45) is 0 Å². The molecular formula is C9H12INO2. The molecule has 13 heavy (non-hydrogen) atoms. The average Bonchev–Trinajstić information content (AvgIpc) is 2.08. The molecule has 1 aromatic rings. The number of para-hydroxylation sites is 1. The van der Waals surface area contributed by atoms with Gasteiger partial charge >= 0.3 is 84.3 Å². The number of benzene rings is 1. The van der Waals surface area contributed by atoms with Crippen molar-refractivity contribution in [2.75, 3.05) is 15.6 Å². The summed E-state index contributed by atoms with van der Waals surface area (Å²) in [5, 5.41) is 9.50. The fourth-order valence-electron chi connectivity index (χ4n) is 0.924. The molecule has 0 fully saturated rings. The first-order valence-corrected chi connectivity index (χ1v) is 9.05. The van der Waals surface area contributed by atoms with Crippen LogP contribution in [0.15, 0.2) is 18.2 Å². The molecule has 0 spiro atoms. The van der Waals surface area contributed by atoms with E-state index in [9.17, 15) is 9.90 Å². The zero-order valence-corrected chi connectivity index (χ0v) is 9.70. The maximum atomic E-state index is 11.6. The Kier molecular flexibility index (Phi) is 3.13. The number of rotatable bonds is 2. The van der Waals surface area contributed by atoms with Crippen LogP contribution in [0.1, 0.15) is 10.4 Å². The number of anilines is 1. The molecule has 0 bridgehead atoms. The minimum atomic E-state index is -1.56. The Labute approximate surface area is 84.3 Å². The zero-order valence-electron chi connectivity index (χ0n) is 7.54. The van der Waals surface area contributed by atoms with Crippen molar-refractivity contribution in [1.82, 2.24) is 0 Å². The summed E-state index contributed by atoms with van der Waals surface area (Å²) in [5.74, 6) is -0.0708. The van der Waals surface area contributed by atoms with Crippen molar-refractivity contribution in [2.45, 2.75) is 0 Å². The van der Waals surface area contributed by atoms with E-state index in [-0.39, 0.29) is 15.2 Å². The third-order valence-corrected chi connectivity index (χ3v) is 4.16. The summed E-state index contributed by atoms with van der Waals surface area (Å²) in [4.78, 5) is 15.5. The maximum absolute atomic E-state index is 11.6. The molecule has 0 saturated heterocycles. The predicted octanol–water partition coefficient (Wildman–Crippen LogP) is 1.88. The Morgan fingerprint density at radius 1 is 1.46 bits per heavy atom. The molecule has 0 atom stereocenters. The SMILES string of the molecule is CI(C)C(=O)c1cccc(N)c1O. The molecule has 0 aliphatic heterocycles. The number of alkyl halides is 2. The Balaban J connectivity index is 3.15. The second-order valence-electron chi connectivity index (χ2n) is 2.77.